The number of carbonyl (C=O) groups is 1. The van der Waals surface area contributed by atoms with Crippen molar-refractivity contribution in [3.63, 3.8) is 0 Å². The Labute approximate surface area is 296 Å². The molecule has 9 rings (SSSR count). The van der Waals surface area contributed by atoms with Crippen molar-refractivity contribution in [3.8, 4) is 27.6 Å². The number of thiophene rings is 1. The number of carbonyl (C=O) groups excluding carboxylic acids is 1. The van der Waals surface area contributed by atoms with E-state index in [1.165, 1.54) is 13.2 Å². The molecule has 1 N–H and O–H groups in total. The number of benzene rings is 2. The summed E-state index contributed by atoms with van der Waals surface area (Å²) in [6.45, 7) is 2.46. The number of fused-ring (bicyclic) bond motifs is 5. The first-order valence-electron chi connectivity index (χ1n) is 16.8. The molecule has 1 saturated heterocycles. The topological polar surface area (TPSA) is 106 Å². The molecule has 50 heavy (non-hydrogen) atoms. The highest BCUT2D eigenvalue weighted by atomic mass is 35.5. The van der Waals surface area contributed by atoms with Crippen LogP contribution in [0.15, 0.2) is 59.1 Å². The van der Waals surface area contributed by atoms with E-state index in [0.717, 1.165) is 73.7 Å². The van der Waals surface area contributed by atoms with Gasteiger partial charge in [-0.25, -0.2) is 9.37 Å². The molecule has 0 bridgehead atoms. The van der Waals surface area contributed by atoms with Crippen LogP contribution in [0, 0.1) is 12.7 Å². The first kappa shape index (κ1) is 31.1. The van der Waals surface area contributed by atoms with Crippen LogP contribution < -0.4 is 10.1 Å². The Morgan fingerprint density at radius 3 is 2.80 bits per heavy atom. The Bertz CT molecular complexity index is 2340. The summed E-state index contributed by atoms with van der Waals surface area (Å²) in [4.78, 5) is 27.1. The Kier molecular flexibility index (Phi) is 7.58. The summed E-state index contributed by atoms with van der Waals surface area (Å²) in [7, 11) is 1.51. The number of amides is 1. The fourth-order valence-corrected chi connectivity index (χ4v) is 9.32. The maximum absolute atomic E-state index is 14.5. The number of nitrogens with zero attached hydrogens (tertiary/aromatic N) is 5. The van der Waals surface area contributed by atoms with E-state index in [1.54, 1.807) is 24.5 Å². The molecule has 6 aromatic rings. The van der Waals surface area contributed by atoms with Gasteiger partial charge in [0.25, 0.3) is 5.91 Å². The Hall–Kier alpha value is -4.87. The van der Waals surface area contributed by atoms with Crippen molar-refractivity contribution in [1.82, 2.24) is 25.1 Å². The highest BCUT2D eigenvalue weighted by Gasteiger charge is 2.45. The Balaban J connectivity index is 1.20. The number of rotatable bonds is 8. The van der Waals surface area contributed by atoms with E-state index in [1.807, 2.05) is 41.3 Å². The summed E-state index contributed by atoms with van der Waals surface area (Å²) in [6, 6.07) is 15.1. The minimum absolute atomic E-state index is 0.0159. The standard InChI is InChI=1S/C38H32ClFN6O3S/c1-19-44-45-37(49-19)30-27(13-9-20-6-3-4-7-24(20)39)42-33-28-8-5-17-46(28)38(47)32(33)31(30)29-18-21-15-16-41-36(35(21)50-29)43-26-14-11-23-22(26)10-12-25(40)34(23)48-2/h3-4,6-7,10,12,15-16,18,26,28H,5,8-9,11,13-14,17H2,1-2H3,(H,41,43)/t26-,28-/m0/s1. The second-order valence-electron chi connectivity index (χ2n) is 13.0. The van der Waals surface area contributed by atoms with Crippen LogP contribution >= 0.6 is 22.9 Å². The zero-order valence-corrected chi connectivity index (χ0v) is 29.0. The van der Waals surface area contributed by atoms with Gasteiger partial charge in [0.15, 0.2) is 11.6 Å². The summed E-state index contributed by atoms with van der Waals surface area (Å²) < 4.78 is 27.0. The Morgan fingerprint density at radius 2 is 1.98 bits per heavy atom. The summed E-state index contributed by atoms with van der Waals surface area (Å²) in [5.74, 6) is 1.43. The molecular formula is C38H32ClFN6O3S. The van der Waals surface area contributed by atoms with Crippen LogP contribution in [0.3, 0.4) is 0 Å². The largest absolute Gasteiger partial charge is 0.493 e. The molecule has 1 fully saturated rings. The zero-order chi connectivity index (χ0) is 34.1. The van der Waals surface area contributed by atoms with E-state index >= 15 is 0 Å². The van der Waals surface area contributed by atoms with Crippen molar-refractivity contribution in [2.24, 2.45) is 0 Å². The fraction of sp³-hybridized carbons (Fsp3) is 0.289. The number of hydrogen-bond donors (Lipinski definition) is 1. The minimum Gasteiger partial charge on any atom is -0.493 e. The zero-order valence-electron chi connectivity index (χ0n) is 27.4. The van der Waals surface area contributed by atoms with Gasteiger partial charge in [-0.1, -0.05) is 35.9 Å². The molecule has 1 aliphatic carbocycles. The van der Waals surface area contributed by atoms with Crippen molar-refractivity contribution in [2.75, 3.05) is 19.0 Å². The van der Waals surface area contributed by atoms with Crippen LogP contribution in [0.5, 0.6) is 5.75 Å². The lowest BCUT2D eigenvalue weighted by atomic mass is 9.93. The van der Waals surface area contributed by atoms with Gasteiger partial charge in [-0.3, -0.25) is 9.78 Å². The van der Waals surface area contributed by atoms with E-state index in [9.17, 15) is 9.18 Å². The van der Waals surface area contributed by atoms with Gasteiger partial charge >= 0.3 is 0 Å². The molecule has 2 aromatic carbocycles. The molecule has 2 atom stereocenters. The van der Waals surface area contributed by atoms with Crippen molar-refractivity contribution in [1.29, 1.82) is 0 Å². The highest BCUT2D eigenvalue weighted by molar-refractivity contribution is 7.23. The van der Waals surface area contributed by atoms with Gasteiger partial charge in [0.1, 0.15) is 5.82 Å². The van der Waals surface area contributed by atoms with E-state index in [0.29, 0.717) is 59.5 Å². The molecule has 3 aliphatic rings. The molecule has 6 heterocycles. The van der Waals surface area contributed by atoms with Crippen molar-refractivity contribution in [3.05, 3.63) is 105 Å². The van der Waals surface area contributed by atoms with Crippen LogP contribution in [0.1, 0.15) is 75.7 Å². The first-order valence-corrected chi connectivity index (χ1v) is 18.0. The molecule has 1 amide bonds. The lowest BCUT2D eigenvalue weighted by Gasteiger charge is -2.16. The van der Waals surface area contributed by atoms with Gasteiger partial charge in [0, 0.05) is 40.7 Å². The van der Waals surface area contributed by atoms with E-state index < -0.39 is 0 Å². The molecular weight excluding hydrogens is 675 g/mol. The van der Waals surface area contributed by atoms with Gasteiger partial charge < -0.3 is 19.4 Å². The average Bonchev–Trinajstić information content (AvgIpc) is 3.95. The maximum atomic E-state index is 14.5. The molecule has 2 aliphatic heterocycles. The van der Waals surface area contributed by atoms with Crippen LogP contribution in [-0.4, -0.2) is 44.6 Å². The summed E-state index contributed by atoms with van der Waals surface area (Å²) in [6.07, 6.45) is 6.30. The number of anilines is 1. The molecule has 252 valence electrons. The van der Waals surface area contributed by atoms with Crippen LogP contribution in [0.25, 0.3) is 32.0 Å². The van der Waals surface area contributed by atoms with E-state index in [4.69, 9.17) is 30.7 Å². The lowest BCUT2D eigenvalue weighted by molar-refractivity contribution is 0.0776. The third-order valence-electron chi connectivity index (χ3n) is 10.2. The van der Waals surface area contributed by atoms with Crippen molar-refractivity contribution >= 4 is 44.7 Å². The quantitative estimate of drug-likeness (QED) is 0.168. The second kappa shape index (κ2) is 12.2. The normalized spacial score (nSPS) is 17.8. The monoisotopic (exact) mass is 706 g/mol. The molecule has 9 nitrogen and oxygen atoms in total. The lowest BCUT2D eigenvalue weighted by Crippen LogP contribution is -2.22. The van der Waals surface area contributed by atoms with Gasteiger partial charge in [-0.2, -0.15) is 0 Å². The molecule has 4 aromatic heterocycles. The predicted octanol–water partition coefficient (Wildman–Crippen LogP) is 8.69. The van der Waals surface area contributed by atoms with Gasteiger partial charge in [0.2, 0.25) is 11.8 Å². The molecule has 12 heteroatoms. The van der Waals surface area contributed by atoms with Crippen molar-refractivity contribution in [2.45, 2.75) is 57.5 Å². The third-order valence-corrected chi connectivity index (χ3v) is 11.7. The molecule has 0 radical (unpaired) electrons. The number of pyridine rings is 2. The van der Waals surface area contributed by atoms with Crippen LogP contribution in [0.2, 0.25) is 5.02 Å². The van der Waals surface area contributed by atoms with Crippen LogP contribution in [-0.2, 0) is 19.3 Å². The summed E-state index contributed by atoms with van der Waals surface area (Å²) >= 11 is 8.16. The number of hydrogen-bond acceptors (Lipinski definition) is 9. The number of nitrogens with one attached hydrogen (secondary N) is 1. The number of ether oxygens (including phenoxy) is 1. The minimum atomic E-state index is -0.353. The van der Waals surface area contributed by atoms with E-state index in [-0.39, 0.29) is 23.8 Å². The maximum Gasteiger partial charge on any atom is 0.257 e. The summed E-state index contributed by atoms with van der Waals surface area (Å²) in [5, 5.41) is 14.0. The van der Waals surface area contributed by atoms with Gasteiger partial charge in [-0.05, 0) is 79.3 Å². The fourth-order valence-electron chi connectivity index (χ4n) is 7.93. The predicted molar refractivity (Wildman–Crippen MR) is 190 cm³/mol. The number of methoxy groups -OCH3 is 1. The van der Waals surface area contributed by atoms with Gasteiger partial charge in [0.05, 0.1) is 46.4 Å². The highest BCUT2D eigenvalue weighted by Crippen LogP contribution is 2.51. The second-order valence-corrected chi connectivity index (χ2v) is 14.5. The summed E-state index contributed by atoms with van der Waals surface area (Å²) in [5.41, 5.74) is 6.57. The SMILES string of the molecule is COc1c(F)ccc2c1CC[C@@H]2Nc1nccc2cc(-c3c4c(nc(CCc5ccccc5Cl)c3-c3nnc(C)o3)[C@@H]3CCCN3C4=O)sc12. The molecule has 0 spiro atoms. The number of halogens is 2. The first-order chi connectivity index (χ1) is 24.4. The smallest absolute Gasteiger partial charge is 0.257 e. The van der Waals surface area contributed by atoms with Crippen LogP contribution in [0.4, 0.5) is 10.2 Å². The van der Waals surface area contributed by atoms with Gasteiger partial charge in [-0.15, -0.1) is 21.5 Å². The Morgan fingerprint density at radius 1 is 1.10 bits per heavy atom. The number of aromatic nitrogens is 4. The number of aryl methyl sites for hydroxylation is 3. The molecule has 0 saturated carbocycles. The van der Waals surface area contributed by atoms with Crippen molar-refractivity contribution < 1.29 is 18.3 Å². The third kappa shape index (κ3) is 4.97. The molecule has 0 unspecified atom stereocenters. The van der Waals surface area contributed by atoms with E-state index in [2.05, 4.69) is 21.6 Å². The average molecular weight is 707 g/mol.